The Balaban J connectivity index is 1.51. The lowest BCUT2D eigenvalue weighted by Crippen LogP contribution is -2.27. The van der Waals surface area contributed by atoms with Gasteiger partial charge >= 0.3 is 0 Å². The zero-order valence-corrected chi connectivity index (χ0v) is 16.5. The van der Waals surface area contributed by atoms with Crippen molar-refractivity contribution in [3.8, 4) is 11.8 Å². The van der Waals surface area contributed by atoms with Gasteiger partial charge in [-0.15, -0.1) is 0 Å². The van der Waals surface area contributed by atoms with Crippen LogP contribution in [-0.2, 0) is 4.79 Å². The predicted molar refractivity (Wildman–Crippen MR) is 114 cm³/mol. The monoisotopic (exact) mass is 421 g/mol. The van der Waals surface area contributed by atoms with Gasteiger partial charge in [0, 0.05) is 30.4 Å². The molecule has 2 amide bonds. The van der Waals surface area contributed by atoms with E-state index in [0.717, 1.165) is 17.7 Å². The Morgan fingerprint density at radius 1 is 1.03 bits per heavy atom. The summed E-state index contributed by atoms with van der Waals surface area (Å²) in [5.74, 6) is 4.69. The third kappa shape index (κ3) is 6.16. The van der Waals surface area contributed by atoms with E-state index in [-0.39, 0.29) is 29.5 Å². The number of aromatic nitrogens is 1. The van der Waals surface area contributed by atoms with E-state index in [1.54, 1.807) is 24.4 Å². The molecule has 0 fully saturated rings. The van der Waals surface area contributed by atoms with Gasteiger partial charge in [-0.3, -0.25) is 9.59 Å². The van der Waals surface area contributed by atoms with Gasteiger partial charge in [-0.2, -0.15) is 0 Å². The molecule has 0 saturated heterocycles. The standard InChI is InChI=1S/C23H17ClFN3O2/c24-21-15-17(25)8-10-20(21)23(30)27-13-11-22(29)28-19-6-3-4-16(14-19)7-9-18-5-1-2-12-26-18/h1-6,8,10,12,14-15H,11,13H2,(H,27,30)(H,28,29). The Morgan fingerprint density at radius 2 is 1.90 bits per heavy atom. The summed E-state index contributed by atoms with van der Waals surface area (Å²) < 4.78 is 13.1. The van der Waals surface area contributed by atoms with E-state index >= 15 is 0 Å². The first-order valence-electron chi connectivity index (χ1n) is 9.07. The Morgan fingerprint density at radius 3 is 2.67 bits per heavy atom. The Bertz CT molecular complexity index is 1120. The van der Waals surface area contributed by atoms with Gasteiger partial charge in [0.25, 0.3) is 5.91 Å². The number of anilines is 1. The number of hydrogen-bond donors (Lipinski definition) is 2. The van der Waals surface area contributed by atoms with Crippen molar-refractivity contribution in [3.63, 3.8) is 0 Å². The lowest BCUT2D eigenvalue weighted by atomic mass is 10.2. The molecule has 2 aromatic carbocycles. The molecule has 0 aliphatic rings. The third-order valence-electron chi connectivity index (χ3n) is 3.96. The molecule has 5 nitrogen and oxygen atoms in total. The van der Waals surface area contributed by atoms with Crippen LogP contribution < -0.4 is 10.6 Å². The second kappa shape index (κ2) is 10.2. The van der Waals surface area contributed by atoms with E-state index in [1.165, 1.54) is 6.07 Å². The second-order valence-electron chi connectivity index (χ2n) is 6.22. The van der Waals surface area contributed by atoms with Crippen LogP contribution >= 0.6 is 11.6 Å². The van der Waals surface area contributed by atoms with Crippen LogP contribution in [0.5, 0.6) is 0 Å². The lowest BCUT2D eigenvalue weighted by molar-refractivity contribution is -0.116. The average molecular weight is 422 g/mol. The van der Waals surface area contributed by atoms with Gasteiger partial charge in [0.2, 0.25) is 5.91 Å². The minimum absolute atomic E-state index is 0.0144. The Kier molecular flexibility index (Phi) is 7.14. The summed E-state index contributed by atoms with van der Waals surface area (Å²) in [6, 6.07) is 16.1. The van der Waals surface area contributed by atoms with Gasteiger partial charge in [0.1, 0.15) is 11.5 Å². The molecule has 2 N–H and O–H groups in total. The zero-order valence-electron chi connectivity index (χ0n) is 15.8. The molecule has 1 heterocycles. The molecule has 0 saturated carbocycles. The minimum Gasteiger partial charge on any atom is -0.351 e. The van der Waals surface area contributed by atoms with Crippen LogP contribution in [-0.4, -0.2) is 23.3 Å². The Hall–Kier alpha value is -3.69. The molecule has 0 aliphatic carbocycles. The van der Waals surface area contributed by atoms with E-state index < -0.39 is 11.7 Å². The predicted octanol–water partition coefficient (Wildman–Crippen LogP) is 4.03. The highest BCUT2D eigenvalue weighted by Crippen LogP contribution is 2.17. The largest absolute Gasteiger partial charge is 0.351 e. The van der Waals surface area contributed by atoms with Crippen LogP contribution in [0.3, 0.4) is 0 Å². The molecule has 1 aromatic heterocycles. The van der Waals surface area contributed by atoms with Crippen LogP contribution in [0.4, 0.5) is 10.1 Å². The molecule has 0 bridgehead atoms. The summed E-state index contributed by atoms with van der Waals surface area (Å²) in [6.07, 6.45) is 1.73. The van der Waals surface area contributed by atoms with Crippen molar-refractivity contribution in [2.24, 2.45) is 0 Å². The smallest absolute Gasteiger partial charge is 0.252 e. The first-order chi connectivity index (χ1) is 14.5. The molecular weight excluding hydrogens is 405 g/mol. The third-order valence-corrected chi connectivity index (χ3v) is 4.27. The van der Waals surface area contributed by atoms with Crippen molar-refractivity contribution in [1.82, 2.24) is 10.3 Å². The lowest BCUT2D eigenvalue weighted by Gasteiger charge is -2.08. The summed E-state index contributed by atoms with van der Waals surface area (Å²) >= 11 is 5.86. The maximum Gasteiger partial charge on any atom is 0.252 e. The van der Waals surface area contributed by atoms with Crippen LogP contribution in [0.15, 0.2) is 66.9 Å². The minimum atomic E-state index is -0.525. The van der Waals surface area contributed by atoms with E-state index in [9.17, 15) is 14.0 Å². The van der Waals surface area contributed by atoms with E-state index in [1.807, 2.05) is 24.3 Å². The highest BCUT2D eigenvalue weighted by molar-refractivity contribution is 6.33. The van der Waals surface area contributed by atoms with Crippen molar-refractivity contribution in [1.29, 1.82) is 0 Å². The number of rotatable bonds is 5. The van der Waals surface area contributed by atoms with Gasteiger partial charge in [-0.1, -0.05) is 29.7 Å². The van der Waals surface area contributed by atoms with Crippen molar-refractivity contribution in [2.75, 3.05) is 11.9 Å². The van der Waals surface area contributed by atoms with E-state index in [0.29, 0.717) is 11.4 Å². The van der Waals surface area contributed by atoms with Gasteiger partial charge in [-0.05, 0) is 54.5 Å². The summed E-state index contributed by atoms with van der Waals surface area (Å²) in [4.78, 5) is 28.4. The maximum atomic E-state index is 13.1. The molecule has 0 radical (unpaired) electrons. The quantitative estimate of drug-likeness (QED) is 0.611. The summed E-state index contributed by atoms with van der Waals surface area (Å²) in [6.45, 7) is 0.109. The zero-order chi connectivity index (χ0) is 21.3. The average Bonchev–Trinajstić information content (AvgIpc) is 2.73. The van der Waals surface area contributed by atoms with Crippen LogP contribution in [0, 0.1) is 17.7 Å². The number of hydrogen-bond acceptors (Lipinski definition) is 3. The van der Waals surface area contributed by atoms with Gasteiger partial charge in [0.15, 0.2) is 0 Å². The summed E-state index contributed by atoms with van der Waals surface area (Å²) in [5, 5.41) is 5.37. The molecule has 0 aliphatic heterocycles. The van der Waals surface area contributed by atoms with Gasteiger partial charge in [0.05, 0.1) is 10.6 Å². The normalized spacial score (nSPS) is 9.93. The van der Waals surface area contributed by atoms with Gasteiger partial charge < -0.3 is 10.6 Å². The number of carbonyl (C=O) groups is 2. The number of nitrogens with zero attached hydrogens (tertiary/aromatic N) is 1. The highest BCUT2D eigenvalue weighted by atomic mass is 35.5. The number of amides is 2. The van der Waals surface area contributed by atoms with Crippen LogP contribution in [0.2, 0.25) is 5.02 Å². The first-order valence-corrected chi connectivity index (χ1v) is 9.45. The topological polar surface area (TPSA) is 71.1 Å². The highest BCUT2D eigenvalue weighted by Gasteiger charge is 2.11. The molecular formula is C23H17ClFN3O2. The SMILES string of the molecule is O=C(CCNC(=O)c1ccc(F)cc1Cl)Nc1cccc(C#Cc2ccccn2)c1. The fourth-order valence-corrected chi connectivity index (χ4v) is 2.78. The molecule has 0 unspecified atom stereocenters. The fraction of sp³-hybridized carbons (Fsp3) is 0.0870. The molecule has 0 atom stereocenters. The molecule has 3 rings (SSSR count). The van der Waals surface area contributed by atoms with Crippen molar-refractivity contribution in [3.05, 3.63) is 94.5 Å². The van der Waals surface area contributed by atoms with Crippen molar-refractivity contribution >= 4 is 29.1 Å². The van der Waals surface area contributed by atoms with Crippen LogP contribution in [0.1, 0.15) is 28.0 Å². The van der Waals surface area contributed by atoms with E-state index in [2.05, 4.69) is 27.5 Å². The van der Waals surface area contributed by atoms with Crippen molar-refractivity contribution in [2.45, 2.75) is 6.42 Å². The number of nitrogens with one attached hydrogen (secondary N) is 2. The van der Waals surface area contributed by atoms with Crippen molar-refractivity contribution < 1.29 is 14.0 Å². The first kappa shape index (κ1) is 21.0. The molecule has 30 heavy (non-hydrogen) atoms. The molecule has 3 aromatic rings. The number of carbonyl (C=O) groups excluding carboxylic acids is 2. The maximum absolute atomic E-state index is 13.1. The molecule has 7 heteroatoms. The van der Waals surface area contributed by atoms with Crippen LogP contribution in [0.25, 0.3) is 0 Å². The molecule has 0 spiro atoms. The Labute approximate surface area is 178 Å². The van der Waals surface area contributed by atoms with Gasteiger partial charge in [-0.25, -0.2) is 9.37 Å². The second-order valence-corrected chi connectivity index (χ2v) is 6.63. The fourth-order valence-electron chi connectivity index (χ4n) is 2.53. The number of halogens is 2. The molecule has 150 valence electrons. The number of benzene rings is 2. The summed E-state index contributed by atoms with van der Waals surface area (Å²) in [7, 11) is 0. The van der Waals surface area contributed by atoms with E-state index in [4.69, 9.17) is 11.6 Å². The summed E-state index contributed by atoms with van der Waals surface area (Å²) in [5.41, 5.74) is 2.14. The number of pyridine rings is 1.